The molecule has 3 nitrogen and oxygen atoms in total. The zero-order valence-electron chi connectivity index (χ0n) is 10.5. The zero-order valence-corrected chi connectivity index (χ0v) is 10.5. The van der Waals surface area contributed by atoms with Gasteiger partial charge in [0.15, 0.2) is 5.79 Å². The maximum atomic E-state index is 13.8. The second-order valence-electron chi connectivity index (χ2n) is 5.26. The van der Waals surface area contributed by atoms with E-state index in [0.29, 0.717) is 38.9 Å². The van der Waals surface area contributed by atoms with Gasteiger partial charge in [-0.15, -0.1) is 0 Å². The van der Waals surface area contributed by atoms with Crippen LogP contribution >= 0.6 is 0 Å². The van der Waals surface area contributed by atoms with Crippen LogP contribution in [0.15, 0.2) is 18.2 Å². The van der Waals surface area contributed by atoms with E-state index in [9.17, 15) is 13.9 Å². The standard InChI is InChI=1S/C14H16F2O3/c15-10-1-2-11(12(16)9-10)13(17)3-5-14(6-4-13)18-7-8-19-14/h1-2,9,17H,3-8H2. The molecule has 1 saturated carbocycles. The Bertz CT molecular complexity index is 474. The largest absolute Gasteiger partial charge is 0.385 e. The summed E-state index contributed by atoms with van der Waals surface area (Å²) < 4.78 is 37.9. The van der Waals surface area contributed by atoms with Crippen LogP contribution in [0.25, 0.3) is 0 Å². The van der Waals surface area contributed by atoms with Crippen molar-refractivity contribution in [3.8, 4) is 0 Å². The van der Waals surface area contributed by atoms with Gasteiger partial charge in [0.25, 0.3) is 0 Å². The second kappa shape index (κ2) is 4.51. The Morgan fingerprint density at radius 3 is 2.21 bits per heavy atom. The van der Waals surface area contributed by atoms with Crippen LogP contribution in [0.5, 0.6) is 0 Å². The maximum absolute atomic E-state index is 13.8. The molecular weight excluding hydrogens is 254 g/mol. The minimum Gasteiger partial charge on any atom is -0.385 e. The van der Waals surface area contributed by atoms with E-state index < -0.39 is 23.0 Å². The third-order valence-corrected chi connectivity index (χ3v) is 4.09. The van der Waals surface area contributed by atoms with Crippen molar-refractivity contribution in [1.29, 1.82) is 0 Å². The number of aliphatic hydroxyl groups is 1. The van der Waals surface area contributed by atoms with Gasteiger partial charge in [0.1, 0.15) is 11.6 Å². The van der Waals surface area contributed by atoms with Crippen LogP contribution in [0.2, 0.25) is 0 Å². The lowest BCUT2D eigenvalue weighted by Gasteiger charge is -2.40. The topological polar surface area (TPSA) is 38.7 Å². The highest BCUT2D eigenvalue weighted by Crippen LogP contribution is 2.45. The lowest BCUT2D eigenvalue weighted by Crippen LogP contribution is -2.42. The summed E-state index contributed by atoms with van der Waals surface area (Å²) in [7, 11) is 0. The zero-order chi connectivity index (χ0) is 13.5. The van der Waals surface area contributed by atoms with Crippen LogP contribution in [0.4, 0.5) is 8.78 Å². The third kappa shape index (κ3) is 2.26. The SMILES string of the molecule is OC1(c2ccc(F)cc2F)CCC2(CC1)OCCO2. The Balaban J connectivity index is 1.81. The first kappa shape index (κ1) is 13.0. The number of rotatable bonds is 1. The molecule has 0 atom stereocenters. The molecule has 0 amide bonds. The van der Waals surface area contributed by atoms with Crippen molar-refractivity contribution in [3.63, 3.8) is 0 Å². The van der Waals surface area contributed by atoms with Crippen molar-refractivity contribution in [1.82, 2.24) is 0 Å². The molecule has 1 heterocycles. The molecule has 1 aromatic rings. The molecule has 19 heavy (non-hydrogen) atoms. The highest BCUT2D eigenvalue weighted by molar-refractivity contribution is 5.26. The Morgan fingerprint density at radius 2 is 1.63 bits per heavy atom. The molecule has 5 heteroatoms. The van der Waals surface area contributed by atoms with Gasteiger partial charge in [0, 0.05) is 24.5 Å². The van der Waals surface area contributed by atoms with Crippen LogP contribution in [0.3, 0.4) is 0 Å². The molecule has 0 unspecified atom stereocenters. The summed E-state index contributed by atoms with van der Waals surface area (Å²) in [6, 6.07) is 3.29. The van der Waals surface area contributed by atoms with Gasteiger partial charge in [0.2, 0.25) is 0 Å². The van der Waals surface area contributed by atoms with Crippen LogP contribution in [0, 0.1) is 11.6 Å². The molecular formula is C14H16F2O3. The van der Waals surface area contributed by atoms with Crippen LogP contribution < -0.4 is 0 Å². The summed E-state index contributed by atoms with van der Waals surface area (Å²) in [5.74, 6) is -1.95. The first-order valence-electron chi connectivity index (χ1n) is 6.49. The monoisotopic (exact) mass is 270 g/mol. The third-order valence-electron chi connectivity index (χ3n) is 4.09. The van der Waals surface area contributed by atoms with Crippen LogP contribution in [0.1, 0.15) is 31.2 Å². The van der Waals surface area contributed by atoms with Gasteiger partial charge in [-0.25, -0.2) is 8.78 Å². The van der Waals surface area contributed by atoms with Crippen LogP contribution in [-0.4, -0.2) is 24.1 Å². The van der Waals surface area contributed by atoms with Crippen molar-refractivity contribution < 1.29 is 23.4 Å². The lowest BCUT2D eigenvalue weighted by molar-refractivity contribution is -0.204. The molecule has 3 rings (SSSR count). The van der Waals surface area contributed by atoms with Gasteiger partial charge >= 0.3 is 0 Å². The summed E-state index contributed by atoms with van der Waals surface area (Å²) in [6.45, 7) is 1.12. The van der Waals surface area contributed by atoms with E-state index in [1.165, 1.54) is 12.1 Å². The number of benzene rings is 1. The summed E-state index contributed by atoms with van der Waals surface area (Å²) in [5.41, 5.74) is -1.11. The van der Waals surface area contributed by atoms with E-state index in [4.69, 9.17) is 9.47 Å². The van der Waals surface area contributed by atoms with Gasteiger partial charge in [-0.1, -0.05) is 6.07 Å². The molecule has 1 N–H and O–H groups in total. The first-order chi connectivity index (χ1) is 9.03. The van der Waals surface area contributed by atoms with Gasteiger partial charge in [-0.3, -0.25) is 0 Å². The second-order valence-corrected chi connectivity index (χ2v) is 5.26. The summed E-state index contributed by atoms with van der Waals surface area (Å²) in [6.07, 6.45) is 1.71. The van der Waals surface area contributed by atoms with Gasteiger partial charge < -0.3 is 14.6 Å². The highest BCUT2D eigenvalue weighted by Gasteiger charge is 2.46. The van der Waals surface area contributed by atoms with Crippen molar-refractivity contribution in [2.45, 2.75) is 37.1 Å². The van der Waals surface area contributed by atoms with Crippen molar-refractivity contribution >= 4 is 0 Å². The molecule has 0 aromatic heterocycles. The lowest BCUT2D eigenvalue weighted by atomic mass is 9.77. The number of hydrogen-bond acceptors (Lipinski definition) is 3. The van der Waals surface area contributed by atoms with E-state index in [1.54, 1.807) is 0 Å². The predicted molar refractivity (Wildman–Crippen MR) is 63.4 cm³/mol. The predicted octanol–water partition coefficient (Wildman–Crippen LogP) is 2.47. The number of hydrogen-bond donors (Lipinski definition) is 1. The number of ether oxygens (including phenoxy) is 2. The van der Waals surface area contributed by atoms with Crippen LogP contribution in [-0.2, 0) is 15.1 Å². The smallest absolute Gasteiger partial charge is 0.168 e. The quantitative estimate of drug-likeness (QED) is 0.852. The average Bonchev–Trinajstić information content (AvgIpc) is 2.82. The fourth-order valence-corrected chi connectivity index (χ4v) is 2.97. The van der Waals surface area contributed by atoms with E-state index >= 15 is 0 Å². The van der Waals surface area contributed by atoms with Crippen molar-refractivity contribution in [2.75, 3.05) is 13.2 Å². The van der Waals surface area contributed by atoms with E-state index in [2.05, 4.69) is 0 Å². The van der Waals surface area contributed by atoms with E-state index in [-0.39, 0.29) is 5.56 Å². The molecule has 1 aromatic carbocycles. The average molecular weight is 270 g/mol. The molecule has 0 radical (unpaired) electrons. The molecule has 1 saturated heterocycles. The Kier molecular flexibility index (Phi) is 3.08. The summed E-state index contributed by atoms with van der Waals surface area (Å²) in [5, 5.41) is 10.6. The summed E-state index contributed by atoms with van der Waals surface area (Å²) >= 11 is 0. The fraction of sp³-hybridized carbons (Fsp3) is 0.571. The molecule has 104 valence electrons. The first-order valence-corrected chi connectivity index (χ1v) is 6.49. The van der Waals surface area contributed by atoms with Gasteiger partial charge in [-0.2, -0.15) is 0 Å². The minimum absolute atomic E-state index is 0.154. The molecule has 1 spiro atoms. The molecule has 0 bridgehead atoms. The summed E-state index contributed by atoms with van der Waals surface area (Å²) in [4.78, 5) is 0. The maximum Gasteiger partial charge on any atom is 0.168 e. The Morgan fingerprint density at radius 1 is 1.00 bits per heavy atom. The molecule has 1 aliphatic carbocycles. The highest BCUT2D eigenvalue weighted by atomic mass is 19.1. The van der Waals surface area contributed by atoms with E-state index in [1.807, 2.05) is 0 Å². The van der Waals surface area contributed by atoms with Crippen molar-refractivity contribution in [3.05, 3.63) is 35.4 Å². The van der Waals surface area contributed by atoms with E-state index in [0.717, 1.165) is 6.07 Å². The molecule has 2 fully saturated rings. The minimum atomic E-state index is -1.27. The number of halogens is 2. The van der Waals surface area contributed by atoms with Gasteiger partial charge in [0.05, 0.1) is 18.8 Å². The fourth-order valence-electron chi connectivity index (χ4n) is 2.97. The Labute approximate surface area is 110 Å². The normalized spacial score (nSPS) is 24.8. The van der Waals surface area contributed by atoms with Crippen molar-refractivity contribution in [2.24, 2.45) is 0 Å². The Hall–Kier alpha value is -1.04. The van der Waals surface area contributed by atoms with Gasteiger partial charge in [-0.05, 0) is 18.9 Å². The molecule has 1 aliphatic heterocycles. The molecule has 2 aliphatic rings.